The van der Waals surface area contributed by atoms with E-state index in [2.05, 4.69) is 11.9 Å². The highest BCUT2D eigenvalue weighted by atomic mass is 16.5. The van der Waals surface area contributed by atoms with Crippen molar-refractivity contribution in [3.63, 3.8) is 0 Å². The van der Waals surface area contributed by atoms with E-state index < -0.39 is 0 Å². The summed E-state index contributed by atoms with van der Waals surface area (Å²) in [5, 5.41) is 11.5. The molecule has 18 heavy (non-hydrogen) atoms. The van der Waals surface area contributed by atoms with Crippen LogP contribution >= 0.6 is 0 Å². The Morgan fingerprint density at radius 3 is 3.00 bits per heavy atom. The van der Waals surface area contributed by atoms with E-state index in [1.54, 1.807) is 24.3 Å². The number of nitrogens with zero attached hydrogens (tertiary/aromatic N) is 1. The van der Waals surface area contributed by atoms with Gasteiger partial charge in [-0.1, -0.05) is 18.2 Å². The first kappa shape index (κ1) is 13.9. The van der Waals surface area contributed by atoms with Crippen molar-refractivity contribution in [1.82, 2.24) is 5.32 Å². The second kappa shape index (κ2) is 7.25. The van der Waals surface area contributed by atoms with Crippen LogP contribution in [-0.2, 0) is 4.74 Å². The van der Waals surface area contributed by atoms with Crippen LogP contribution in [0, 0.1) is 11.3 Å². The summed E-state index contributed by atoms with van der Waals surface area (Å²) < 4.78 is 5.26. The Morgan fingerprint density at radius 1 is 1.56 bits per heavy atom. The summed E-state index contributed by atoms with van der Waals surface area (Å²) in [5.74, 6) is -0.203. The number of nitrogens with one attached hydrogen (secondary N) is 1. The summed E-state index contributed by atoms with van der Waals surface area (Å²) in [6.07, 6.45) is 0. The fourth-order valence-electron chi connectivity index (χ4n) is 1.32. The molecule has 1 rings (SSSR count). The van der Waals surface area contributed by atoms with Crippen molar-refractivity contribution in [2.24, 2.45) is 0 Å². The predicted molar refractivity (Wildman–Crippen MR) is 69.1 cm³/mol. The third-order valence-electron chi connectivity index (χ3n) is 2.13. The monoisotopic (exact) mass is 244 g/mol. The van der Waals surface area contributed by atoms with Gasteiger partial charge in [0.1, 0.15) is 0 Å². The van der Waals surface area contributed by atoms with Crippen molar-refractivity contribution in [3.05, 3.63) is 47.5 Å². The van der Waals surface area contributed by atoms with Crippen LogP contribution < -0.4 is 5.32 Å². The summed E-state index contributed by atoms with van der Waals surface area (Å²) >= 11 is 0. The van der Waals surface area contributed by atoms with Gasteiger partial charge in [-0.3, -0.25) is 4.79 Å². The number of rotatable bonds is 6. The smallest absolute Gasteiger partial charge is 0.251 e. The number of hydrogen-bond acceptors (Lipinski definition) is 3. The van der Waals surface area contributed by atoms with E-state index in [1.165, 1.54) is 0 Å². The van der Waals surface area contributed by atoms with E-state index in [1.807, 2.05) is 13.0 Å². The SMILES string of the molecule is C=C(C)COCCNC(=O)c1cccc(C#N)c1. The molecule has 0 aliphatic heterocycles. The third kappa shape index (κ3) is 4.81. The molecule has 0 saturated carbocycles. The number of carbonyl (C=O) groups excluding carboxylic acids is 1. The second-order valence-corrected chi connectivity index (χ2v) is 3.96. The zero-order valence-corrected chi connectivity index (χ0v) is 10.4. The van der Waals surface area contributed by atoms with Gasteiger partial charge in [0.25, 0.3) is 5.91 Å². The van der Waals surface area contributed by atoms with Gasteiger partial charge < -0.3 is 10.1 Å². The summed E-state index contributed by atoms with van der Waals surface area (Å²) in [7, 11) is 0. The lowest BCUT2D eigenvalue weighted by Gasteiger charge is -2.06. The first-order valence-electron chi connectivity index (χ1n) is 5.64. The molecule has 0 unspecified atom stereocenters. The van der Waals surface area contributed by atoms with Crippen LogP contribution in [0.15, 0.2) is 36.4 Å². The van der Waals surface area contributed by atoms with Crippen molar-refractivity contribution >= 4 is 5.91 Å². The highest BCUT2D eigenvalue weighted by Crippen LogP contribution is 2.03. The maximum atomic E-state index is 11.7. The molecule has 94 valence electrons. The Morgan fingerprint density at radius 2 is 2.33 bits per heavy atom. The minimum absolute atomic E-state index is 0.203. The Balaban J connectivity index is 2.36. The Bertz CT molecular complexity index is 475. The van der Waals surface area contributed by atoms with E-state index in [-0.39, 0.29) is 5.91 Å². The molecule has 0 spiro atoms. The van der Waals surface area contributed by atoms with Gasteiger partial charge in [0.05, 0.1) is 24.8 Å². The molecule has 0 radical (unpaired) electrons. The first-order chi connectivity index (χ1) is 8.63. The fourth-order valence-corrected chi connectivity index (χ4v) is 1.32. The Hall–Kier alpha value is -2.12. The second-order valence-electron chi connectivity index (χ2n) is 3.96. The van der Waals surface area contributed by atoms with Crippen LogP contribution in [0.2, 0.25) is 0 Å². The molecule has 4 nitrogen and oxygen atoms in total. The molecular weight excluding hydrogens is 228 g/mol. The maximum Gasteiger partial charge on any atom is 0.251 e. The average Bonchev–Trinajstić information content (AvgIpc) is 2.37. The fraction of sp³-hybridized carbons (Fsp3) is 0.286. The summed E-state index contributed by atoms with van der Waals surface area (Å²) in [6.45, 7) is 6.97. The molecule has 4 heteroatoms. The molecule has 0 atom stereocenters. The molecular formula is C14H16N2O2. The lowest BCUT2D eigenvalue weighted by molar-refractivity contribution is 0.0927. The van der Waals surface area contributed by atoms with Crippen LogP contribution in [-0.4, -0.2) is 25.7 Å². The number of benzene rings is 1. The largest absolute Gasteiger partial charge is 0.375 e. The molecule has 1 N–H and O–H groups in total. The quantitative estimate of drug-likeness (QED) is 0.614. The van der Waals surface area contributed by atoms with Crippen LogP contribution in [0.3, 0.4) is 0 Å². The van der Waals surface area contributed by atoms with Crippen LogP contribution in [0.1, 0.15) is 22.8 Å². The van der Waals surface area contributed by atoms with E-state index in [9.17, 15) is 4.79 Å². The molecule has 0 bridgehead atoms. The zero-order chi connectivity index (χ0) is 13.4. The van der Waals surface area contributed by atoms with Gasteiger partial charge in [-0.25, -0.2) is 0 Å². The summed E-state index contributed by atoms with van der Waals surface area (Å²) in [5.41, 5.74) is 1.90. The number of ether oxygens (including phenoxy) is 1. The molecule has 1 amide bonds. The molecule has 0 heterocycles. The van der Waals surface area contributed by atoms with Crippen molar-refractivity contribution < 1.29 is 9.53 Å². The van der Waals surface area contributed by atoms with E-state index in [4.69, 9.17) is 10.00 Å². The predicted octanol–water partition coefficient (Wildman–Crippen LogP) is 1.88. The van der Waals surface area contributed by atoms with E-state index >= 15 is 0 Å². The maximum absolute atomic E-state index is 11.7. The van der Waals surface area contributed by atoms with Gasteiger partial charge in [-0.15, -0.1) is 0 Å². The van der Waals surface area contributed by atoms with Gasteiger partial charge in [-0.05, 0) is 25.1 Å². The van der Waals surface area contributed by atoms with Crippen molar-refractivity contribution in [2.75, 3.05) is 19.8 Å². The number of hydrogen-bond donors (Lipinski definition) is 1. The van der Waals surface area contributed by atoms with Crippen LogP contribution in [0.4, 0.5) is 0 Å². The summed E-state index contributed by atoms with van der Waals surface area (Å²) in [6, 6.07) is 8.57. The van der Waals surface area contributed by atoms with Gasteiger partial charge in [0.15, 0.2) is 0 Å². The first-order valence-corrected chi connectivity index (χ1v) is 5.64. The van der Waals surface area contributed by atoms with Gasteiger partial charge in [0, 0.05) is 12.1 Å². The van der Waals surface area contributed by atoms with Crippen molar-refractivity contribution in [1.29, 1.82) is 5.26 Å². The lowest BCUT2D eigenvalue weighted by atomic mass is 10.1. The summed E-state index contributed by atoms with van der Waals surface area (Å²) in [4.78, 5) is 11.7. The zero-order valence-electron chi connectivity index (χ0n) is 10.4. The standard InChI is InChI=1S/C14H16N2O2/c1-11(2)10-18-7-6-16-14(17)13-5-3-4-12(8-13)9-15/h3-5,8H,1,6-7,10H2,2H3,(H,16,17). The minimum atomic E-state index is -0.203. The van der Waals surface area contributed by atoms with E-state index in [0.29, 0.717) is 30.9 Å². The van der Waals surface area contributed by atoms with Crippen molar-refractivity contribution in [2.45, 2.75) is 6.92 Å². The highest BCUT2D eigenvalue weighted by molar-refractivity contribution is 5.94. The minimum Gasteiger partial charge on any atom is -0.375 e. The van der Waals surface area contributed by atoms with E-state index in [0.717, 1.165) is 5.57 Å². The third-order valence-corrected chi connectivity index (χ3v) is 2.13. The highest BCUT2D eigenvalue weighted by Gasteiger charge is 2.05. The van der Waals surface area contributed by atoms with Gasteiger partial charge in [0.2, 0.25) is 0 Å². The molecule has 1 aromatic rings. The van der Waals surface area contributed by atoms with Gasteiger partial charge >= 0.3 is 0 Å². The molecule has 0 saturated heterocycles. The van der Waals surface area contributed by atoms with Gasteiger partial charge in [-0.2, -0.15) is 5.26 Å². The average molecular weight is 244 g/mol. The molecule has 0 aliphatic rings. The number of carbonyl (C=O) groups is 1. The van der Waals surface area contributed by atoms with Crippen LogP contribution in [0.5, 0.6) is 0 Å². The molecule has 1 aromatic carbocycles. The number of amides is 1. The Labute approximate surface area is 107 Å². The molecule has 0 aliphatic carbocycles. The molecule has 0 aromatic heterocycles. The lowest BCUT2D eigenvalue weighted by Crippen LogP contribution is -2.27. The Kier molecular flexibility index (Phi) is 5.62. The van der Waals surface area contributed by atoms with Crippen LogP contribution in [0.25, 0.3) is 0 Å². The molecule has 0 fully saturated rings. The number of nitriles is 1. The van der Waals surface area contributed by atoms with Crippen molar-refractivity contribution in [3.8, 4) is 6.07 Å². The topological polar surface area (TPSA) is 62.1 Å². The normalized spacial score (nSPS) is 9.56.